The summed E-state index contributed by atoms with van der Waals surface area (Å²) in [6.07, 6.45) is -0.994. The largest absolute Gasteiger partial charge is 0.478 e. The molecule has 0 aliphatic carbocycles. The second-order valence-electron chi connectivity index (χ2n) is 10.4. The van der Waals surface area contributed by atoms with Crippen molar-refractivity contribution in [1.29, 1.82) is 0 Å². The summed E-state index contributed by atoms with van der Waals surface area (Å²) in [5.41, 5.74) is 3.57. The second-order valence-corrected chi connectivity index (χ2v) is 10.4. The number of ether oxygens (including phenoxy) is 2. The van der Waals surface area contributed by atoms with E-state index in [1.165, 1.54) is 0 Å². The lowest BCUT2D eigenvalue weighted by Crippen LogP contribution is -2.36. The topological polar surface area (TPSA) is 84.9 Å². The van der Waals surface area contributed by atoms with Gasteiger partial charge >= 0.3 is 11.9 Å². The van der Waals surface area contributed by atoms with Crippen LogP contribution in [0.5, 0.6) is 11.5 Å². The number of rotatable bonds is 6. The van der Waals surface area contributed by atoms with E-state index in [4.69, 9.17) is 9.47 Å². The van der Waals surface area contributed by atoms with Gasteiger partial charge in [-0.25, -0.2) is 4.79 Å². The number of nitrogens with one attached hydrogen (secondary N) is 1. The van der Waals surface area contributed by atoms with Crippen molar-refractivity contribution in [3.05, 3.63) is 58.7 Å². The number of likely N-dealkylation sites (N-methyl/N-ethyl adjacent to an activating group) is 1. The molecule has 0 aromatic heterocycles. The van der Waals surface area contributed by atoms with Gasteiger partial charge in [0.25, 0.3) is 0 Å². The summed E-state index contributed by atoms with van der Waals surface area (Å²) in [6.45, 7) is 13.0. The molecule has 32 heavy (non-hydrogen) atoms. The molecule has 3 rings (SSSR count). The minimum Gasteiger partial charge on any atom is -0.478 e. The number of aliphatic carboxylic acids is 1. The fraction of sp³-hybridized carbons (Fsp3) is 0.462. The molecule has 2 aromatic rings. The van der Waals surface area contributed by atoms with E-state index in [9.17, 15) is 14.7 Å². The van der Waals surface area contributed by atoms with E-state index >= 15 is 0 Å². The van der Waals surface area contributed by atoms with Crippen LogP contribution in [0.4, 0.5) is 0 Å². The van der Waals surface area contributed by atoms with Crippen LogP contribution >= 0.6 is 0 Å². The summed E-state index contributed by atoms with van der Waals surface area (Å²) < 4.78 is 11.4. The van der Waals surface area contributed by atoms with Crippen LogP contribution < -0.4 is 14.8 Å². The SMILES string of the molecule is CNCC(Oc1ccc(C2C(=O)Oc3c2cc(C(C)(C)C)cc3C(C)(C)C)cc1)C(=O)O. The van der Waals surface area contributed by atoms with Crippen molar-refractivity contribution in [3.8, 4) is 11.5 Å². The summed E-state index contributed by atoms with van der Waals surface area (Å²) in [7, 11) is 1.67. The third-order valence-electron chi connectivity index (χ3n) is 5.70. The molecule has 0 spiro atoms. The first-order valence-corrected chi connectivity index (χ1v) is 10.9. The van der Waals surface area contributed by atoms with Gasteiger partial charge in [-0.2, -0.15) is 0 Å². The van der Waals surface area contributed by atoms with Gasteiger partial charge in [-0.15, -0.1) is 0 Å². The zero-order chi connectivity index (χ0) is 23.8. The average Bonchev–Trinajstić information content (AvgIpc) is 3.01. The average molecular weight is 440 g/mol. The number of hydrogen-bond donors (Lipinski definition) is 2. The molecule has 0 fully saturated rings. The fourth-order valence-corrected chi connectivity index (χ4v) is 3.84. The van der Waals surface area contributed by atoms with Gasteiger partial charge in [-0.3, -0.25) is 4.79 Å². The summed E-state index contributed by atoms with van der Waals surface area (Å²) in [5, 5.41) is 12.1. The molecule has 6 heteroatoms. The molecule has 6 nitrogen and oxygen atoms in total. The van der Waals surface area contributed by atoms with Crippen LogP contribution in [0.25, 0.3) is 0 Å². The van der Waals surface area contributed by atoms with Crippen LogP contribution in [0.2, 0.25) is 0 Å². The Morgan fingerprint density at radius 1 is 1.09 bits per heavy atom. The first-order chi connectivity index (χ1) is 14.8. The predicted octanol–water partition coefficient (Wildman–Crippen LogP) is 4.38. The smallest absolute Gasteiger partial charge is 0.346 e. The molecule has 0 saturated carbocycles. The minimum atomic E-state index is -1.04. The van der Waals surface area contributed by atoms with E-state index in [1.807, 2.05) is 0 Å². The third-order valence-corrected chi connectivity index (χ3v) is 5.70. The summed E-state index contributed by atoms with van der Waals surface area (Å²) in [6, 6.07) is 11.2. The first kappa shape index (κ1) is 23.8. The zero-order valence-corrected chi connectivity index (χ0v) is 19.9. The van der Waals surface area contributed by atoms with Crippen molar-refractivity contribution < 1.29 is 24.2 Å². The molecule has 2 N–H and O–H groups in total. The van der Waals surface area contributed by atoms with Crippen LogP contribution in [0.15, 0.2) is 36.4 Å². The number of hydrogen-bond acceptors (Lipinski definition) is 5. The molecule has 2 unspecified atom stereocenters. The molecule has 0 saturated heterocycles. The van der Waals surface area contributed by atoms with Gasteiger partial charge in [0.15, 0.2) is 0 Å². The quantitative estimate of drug-likeness (QED) is 0.513. The molecule has 0 radical (unpaired) electrons. The number of benzene rings is 2. The Kier molecular flexibility index (Phi) is 6.38. The maximum atomic E-state index is 13.0. The van der Waals surface area contributed by atoms with Crippen molar-refractivity contribution >= 4 is 11.9 Å². The van der Waals surface area contributed by atoms with Gasteiger partial charge in [0, 0.05) is 17.7 Å². The Morgan fingerprint density at radius 2 is 1.72 bits per heavy atom. The first-order valence-electron chi connectivity index (χ1n) is 10.9. The Hall–Kier alpha value is -2.86. The highest BCUT2D eigenvalue weighted by Crippen LogP contribution is 2.47. The normalized spacial score (nSPS) is 17.0. The highest BCUT2D eigenvalue weighted by molar-refractivity contribution is 5.90. The van der Waals surface area contributed by atoms with E-state index in [0.717, 1.165) is 22.3 Å². The van der Waals surface area contributed by atoms with Gasteiger partial charge in [-0.05, 0) is 41.1 Å². The molecular weight excluding hydrogens is 406 g/mol. The monoisotopic (exact) mass is 439 g/mol. The highest BCUT2D eigenvalue weighted by atomic mass is 16.5. The summed E-state index contributed by atoms with van der Waals surface area (Å²) in [4.78, 5) is 24.3. The van der Waals surface area contributed by atoms with Crippen molar-refractivity contribution in [3.63, 3.8) is 0 Å². The van der Waals surface area contributed by atoms with Crippen molar-refractivity contribution in [2.45, 2.75) is 64.4 Å². The van der Waals surface area contributed by atoms with Crippen LogP contribution in [-0.4, -0.2) is 36.7 Å². The third kappa shape index (κ3) is 4.80. The summed E-state index contributed by atoms with van der Waals surface area (Å²) in [5.74, 6) is -0.789. The molecule has 1 aliphatic heterocycles. The Labute approximate surface area is 189 Å². The number of esters is 1. The number of carboxylic acids is 1. The molecule has 0 amide bonds. The standard InChI is InChI=1S/C26H33NO5/c1-25(2,3)16-12-18-21(24(30)32-22(18)19(13-16)26(4,5)6)15-8-10-17(11-9-15)31-20(14-27-7)23(28)29/h8-13,20-21,27H,14H2,1-7H3,(H,28,29). The van der Waals surface area contributed by atoms with E-state index in [-0.39, 0.29) is 23.3 Å². The molecule has 2 aromatic carbocycles. The van der Waals surface area contributed by atoms with E-state index < -0.39 is 18.0 Å². The van der Waals surface area contributed by atoms with Gasteiger partial charge in [0.1, 0.15) is 17.4 Å². The number of carbonyl (C=O) groups excluding carboxylic acids is 1. The minimum absolute atomic E-state index is 0.0813. The molecule has 1 heterocycles. The number of carboxylic acid groups (broad SMARTS) is 1. The van der Waals surface area contributed by atoms with Gasteiger partial charge < -0.3 is 19.9 Å². The number of carbonyl (C=O) groups is 2. The Morgan fingerprint density at radius 3 is 2.22 bits per heavy atom. The lowest BCUT2D eigenvalue weighted by molar-refractivity contribution is -0.144. The molecule has 0 bridgehead atoms. The molecule has 1 aliphatic rings. The number of fused-ring (bicyclic) bond motifs is 1. The van der Waals surface area contributed by atoms with E-state index in [1.54, 1.807) is 31.3 Å². The van der Waals surface area contributed by atoms with E-state index in [2.05, 4.69) is 59.0 Å². The van der Waals surface area contributed by atoms with Crippen LogP contribution in [0.1, 0.15) is 69.7 Å². The molecule has 172 valence electrons. The second kappa shape index (κ2) is 8.58. The highest BCUT2D eigenvalue weighted by Gasteiger charge is 2.39. The lowest BCUT2D eigenvalue weighted by atomic mass is 9.77. The van der Waals surface area contributed by atoms with Gasteiger partial charge in [0.05, 0.1) is 0 Å². The van der Waals surface area contributed by atoms with Crippen molar-refractivity contribution in [1.82, 2.24) is 5.32 Å². The maximum Gasteiger partial charge on any atom is 0.346 e. The summed E-state index contributed by atoms with van der Waals surface area (Å²) >= 11 is 0. The lowest BCUT2D eigenvalue weighted by Gasteiger charge is -2.27. The zero-order valence-electron chi connectivity index (χ0n) is 19.9. The van der Waals surface area contributed by atoms with Crippen LogP contribution in [0.3, 0.4) is 0 Å². The van der Waals surface area contributed by atoms with Crippen molar-refractivity contribution in [2.75, 3.05) is 13.6 Å². The molecular formula is C26H33NO5. The fourth-order valence-electron chi connectivity index (χ4n) is 3.84. The van der Waals surface area contributed by atoms with Gasteiger partial charge in [-0.1, -0.05) is 65.8 Å². The molecule has 2 atom stereocenters. The van der Waals surface area contributed by atoms with E-state index in [0.29, 0.717) is 11.5 Å². The van der Waals surface area contributed by atoms with Crippen LogP contribution in [-0.2, 0) is 20.4 Å². The Balaban J connectivity index is 2.01. The Bertz CT molecular complexity index is 1010. The van der Waals surface area contributed by atoms with Crippen molar-refractivity contribution in [2.24, 2.45) is 0 Å². The predicted molar refractivity (Wildman–Crippen MR) is 124 cm³/mol. The van der Waals surface area contributed by atoms with Crippen LogP contribution in [0, 0.1) is 0 Å². The van der Waals surface area contributed by atoms with Gasteiger partial charge in [0.2, 0.25) is 6.10 Å². The maximum absolute atomic E-state index is 13.0.